The van der Waals surface area contributed by atoms with E-state index in [1.807, 2.05) is 0 Å². The molecular formula is C18H21NO3. The van der Waals surface area contributed by atoms with Gasteiger partial charge in [0.25, 0.3) is 0 Å². The van der Waals surface area contributed by atoms with E-state index in [9.17, 15) is 4.79 Å². The molecule has 0 aromatic heterocycles. The minimum Gasteiger partial charge on any atom is -0.493 e. The summed E-state index contributed by atoms with van der Waals surface area (Å²) in [6, 6.07) is 2.48. The van der Waals surface area contributed by atoms with Gasteiger partial charge in [-0.2, -0.15) is 0 Å². The lowest BCUT2D eigenvalue weighted by atomic mass is 9.73. The fraction of sp³-hybridized carbons (Fsp3) is 0.500. The highest BCUT2D eigenvalue weighted by Gasteiger charge is 2.48. The molecule has 1 aromatic carbocycles. The zero-order valence-corrected chi connectivity index (χ0v) is 13.1. The average Bonchev–Trinajstić information content (AvgIpc) is 2.86. The third-order valence-electron chi connectivity index (χ3n) is 5.40. The Kier molecular flexibility index (Phi) is 3.05. The maximum atomic E-state index is 11.7. The van der Waals surface area contributed by atoms with Crippen molar-refractivity contribution in [1.82, 2.24) is 5.32 Å². The first-order chi connectivity index (χ1) is 10.7. The number of carbonyl (C=O) groups excluding carboxylic acids is 1. The van der Waals surface area contributed by atoms with Crippen molar-refractivity contribution >= 4 is 5.78 Å². The second-order valence-corrected chi connectivity index (χ2v) is 6.48. The Morgan fingerprint density at radius 3 is 2.82 bits per heavy atom. The van der Waals surface area contributed by atoms with E-state index in [1.165, 1.54) is 16.7 Å². The molecule has 4 nitrogen and oxygen atoms in total. The Morgan fingerprint density at radius 1 is 1.27 bits per heavy atom. The first-order valence-corrected chi connectivity index (χ1v) is 7.92. The van der Waals surface area contributed by atoms with Gasteiger partial charge < -0.3 is 14.8 Å². The number of hydrogen-bond acceptors (Lipinski definition) is 4. The van der Waals surface area contributed by atoms with E-state index in [1.54, 1.807) is 20.3 Å². The molecule has 1 spiro atoms. The first-order valence-electron chi connectivity index (χ1n) is 7.92. The van der Waals surface area contributed by atoms with Crippen LogP contribution in [0.15, 0.2) is 18.2 Å². The summed E-state index contributed by atoms with van der Waals surface area (Å²) in [5.41, 5.74) is 3.88. The standard InChI is InChI=1S/C18H21NO3/c1-21-14-9-11-5-8-19-13-10-18(6-3-12(20)4-7-18)16(15(11)13)17(14)22-2/h3,6,9,13,19H,4-5,7-8,10H2,1-2H3. The van der Waals surface area contributed by atoms with Gasteiger partial charge in [0.1, 0.15) is 0 Å². The summed E-state index contributed by atoms with van der Waals surface area (Å²) >= 11 is 0. The average molecular weight is 299 g/mol. The van der Waals surface area contributed by atoms with Crippen molar-refractivity contribution in [1.29, 1.82) is 0 Å². The van der Waals surface area contributed by atoms with E-state index in [4.69, 9.17) is 9.47 Å². The van der Waals surface area contributed by atoms with Crippen LogP contribution in [0.4, 0.5) is 0 Å². The number of rotatable bonds is 2. The van der Waals surface area contributed by atoms with E-state index in [0.29, 0.717) is 12.5 Å². The van der Waals surface area contributed by atoms with Crippen LogP contribution < -0.4 is 14.8 Å². The molecule has 0 radical (unpaired) electrons. The monoisotopic (exact) mass is 299 g/mol. The molecule has 1 aliphatic heterocycles. The van der Waals surface area contributed by atoms with Crippen LogP contribution in [0, 0.1) is 0 Å². The van der Waals surface area contributed by atoms with Crippen LogP contribution in [0.5, 0.6) is 11.5 Å². The van der Waals surface area contributed by atoms with Gasteiger partial charge in [0.15, 0.2) is 17.3 Å². The molecule has 22 heavy (non-hydrogen) atoms. The lowest BCUT2D eigenvalue weighted by molar-refractivity contribution is -0.115. The summed E-state index contributed by atoms with van der Waals surface area (Å²) in [5, 5.41) is 3.63. The molecule has 0 amide bonds. The number of fused-ring (bicyclic) bond motifs is 1. The summed E-state index contributed by atoms with van der Waals surface area (Å²) < 4.78 is 11.3. The summed E-state index contributed by atoms with van der Waals surface area (Å²) in [6.07, 6.45) is 7.35. The third-order valence-corrected chi connectivity index (χ3v) is 5.40. The third kappa shape index (κ3) is 1.76. The maximum Gasteiger partial charge on any atom is 0.165 e. The van der Waals surface area contributed by atoms with Gasteiger partial charge in [-0.1, -0.05) is 6.08 Å². The SMILES string of the molecule is COc1cc2c3c(c1OC)C1(C=CC(=O)CC1)CC3NCC2. The number of nitrogens with one attached hydrogen (secondary N) is 1. The van der Waals surface area contributed by atoms with Crippen LogP contribution in [0.25, 0.3) is 0 Å². The largest absolute Gasteiger partial charge is 0.493 e. The Balaban J connectivity index is 1.99. The molecule has 1 N–H and O–H groups in total. The second kappa shape index (κ2) is 4.85. The van der Waals surface area contributed by atoms with Gasteiger partial charge in [-0.05, 0) is 49.1 Å². The predicted octanol–water partition coefficient (Wildman–Crippen LogP) is 2.45. The fourth-order valence-electron chi connectivity index (χ4n) is 4.43. The summed E-state index contributed by atoms with van der Waals surface area (Å²) in [6.45, 7) is 0.991. The molecule has 1 heterocycles. The van der Waals surface area contributed by atoms with Gasteiger partial charge in [-0.15, -0.1) is 0 Å². The number of methoxy groups -OCH3 is 2. The van der Waals surface area contributed by atoms with Crippen molar-refractivity contribution in [2.75, 3.05) is 20.8 Å². The van der Waals surface area contributed by atoms with E-state index in [2.05, 4.69) is 17.5 Å². The van der Waals surface area contributed by atoms with Crippen LogP contribution in [0.3, 0.4) is 0 Å². The predicted molar refractivity (Wildman–Crippen MR) is 83.7 cm³/mol. The molecule has 4 heteroatoms. The topological polar surface area (TPSA) is 47.6 Å². The van der Waals surface area contributed by atoms with Gasteiger partial charge in [-0.25, -0.2) is 0 Å². The number of benzene rings is 1. The molecule has 0 saturated carbocycles. The highest BCUT2D eigenvalue weighted by atomic mass is 16.5. The molecule has 0 fully saturated rings. The normalized spacial score (nSPS) is 28.8. The van der Waals surface area contributed by atoms with Gasteiger partial charge >= 0.3 is 0 Å². The first kappa shape index (κ1) is 13.8. The smallest absolute Gasteiger partial charge is 0.165 e. The second-order valence-electron chi connectivity index (χ2n) is 6.48. The van der Waals surface area contributed by atoms with E-state index in [-0.39, 0.29) is 11.2 Å². The van der Waals surface area contributed by atoms with Crippen molar-refractivity contribution in [3.05, 3.63) is 34.9 Å². The van der Waals surface area contributed by atoms with E-state index < -0.39 is 0 Å². The molecule has 3 aliphatic rings. The number of ketones is 1. The molecule has 0 saturated heterocycles. The number of hydrogen-bond donors (Lipinski definition) is 1. The van der Waals surface area contributed by atoms with Crippen molar-refractivity contribution in [3.8, 4) is 11.5 Å². The van der Waals surface area contributed by atoms with Crippen molar-refractivity contribution < 1.29 is 14.3 Å². The number of ether oxygens (including phenoxy) is 2. The van der Waals surface area contributed by atoms with E-state index >= 15 is 0 Å². The number of allylic oxidation sites excluding steroid dienone is 2. The summed E-state index contributed by atoms with van der Waals surface area (Å²) in [4.78, 5) is 11.7. The van der Waals surface area contributed by atoms with Gasteiger partial charge in [0.05, 0.1) is 14.2 Å². The van der Waals surface area contributed by atoms with E-state index in [0.717, 1.165) is 37.3 Å². The lowest BCUT2D eigenvalue weighted by Crippen LogP contribution is -2.29. The van der Waals surface area contributed by atoms with Crippen LogP contribution >= 0.6 is 0 Å². The molecule has 4 rings (SSSR count). The molecule has 1 aromatic rings. The highest BCUT2D eigenvalue weighted by molar-refractivity contribution is 5.91. The quantitative estimate of drug-likeness (QED) is 0.911. The lowest BCUT2D eigenvalue weighted by Gasteiger charge is -2.31. The van der Waals surface area contributed by atoms with Gasteiger partial charge in [0, 0.05) is 23.4 Å². The molecule has 2 atom stereocenters. The minimum atomic E-state index is -0.0973. The molecule has 0 bridgehead atoms. The van der Waals surface area contributed by atoms with Crippen molar-refractivity contribution in [3.63, 3.8) is 0 Å². The maximum absolute atomic E-state index is 11.7. The van der Waals surface area contributed by atoms with Crippen LogP contribution in [-0.4, -0.2) is 26.5 Å². The van der Waals surface area contributed by atoms with Gasteiger partial charge in [-0.3, -0.25) is 4.79 Å². The molecule has 2 unspecified atom stereocenters. The van der Waals surface area contributed by atoms with Crippen LogP contribution in [0.1, 0.15) is 42.0 Å². The Labute approximate surface area is 130 Å². The van der Waals surface area contributed by atoms with Crippen molar-refractivity contribution in [2.45, 2.75) is 37.1 Å². The number of carbonyl (C=O) groups is 1. The minimum absolute atomic E-state index is 0.0973. The Hall–Kier alpha value is -1.81. The van der Waals surface area contributed by atoms with Crippen LogP contribution in [-0.2, 0) is 16.6 Å². The van der Waals surface area contributed by atoms with Gasteiger partial charge in [0.2, 0.25) is 0 Å². The van der Waals surface area contributed by atoms with Crippen LogP contribution in [0.2, 0.25) is 0 Å². The fourth-order valence-corrected chi connectivity index (χ4v) is 4.43. The Morgan fingerprint density at radius 2 is 2.14 bits per heavy atom. The Bertz CT molecular complexity index is 679. The summed E-state index contributed by atoms with van der Waals surface area (Å²) in [5.74, 6) is 1.87. The molecule has 2 aliphatic carbocycles. The molecular weight excluding hydrogens is 278 g/mol. The summed E-state index contributed by atoms with van der Waals surface area (Å²) in [7, 11) is 3.40. The highest BCUT2D eigenvalue weighted by Crippen LogP contribution is 2.57. The zero-order chi connectivity index (χ0) is 15.3. The van der Waals surface area contributed by atoms with Crippen molar-refractivity contribution in [2.24, 2.45) is 0 Å². The molecule has 116 valence electrons. The zero-order valence-electron chi connectivity index (χ0n) is 13.1.